The molecule has 106 valence electrons. The first-order valence-electron chi connectivity index (χ1n) is 5.72. The normalized spacial score (nSPS) is 17.6. The van der Waals surface area contributed by atoms with Crippen molar-refractivity contribution in [2.45, 2.75) is 11.4 Å². The van der Waals surface area contributed by atoms with E-state index in [1.54, 1.807) is 11.8 Å². The van der Waals surface area contributed by atoms with Gasteiger partial charge in [0.1, 0.15) is 5.82 Å². The number of hydrogen-bond donors (Lipinski definition) is 1. The lowest BCUT2D eigenvalue weighted by atomic mass is 10.2. The summed E-state index contributed by atoms with van der Waals surface area (Å²) < 4.78 is 39.8. The maximum absolute atomic E-state index is 13.6. The number of nitrogens with two attached hydrogens (primary N) is 1. The molecule has 1 aliphatic heterocycles. The van der Waals surface area contributed by atoms with Crippen LogP contribution in [0.1, 0.15) is 5.56 Å². The molecule has 8 heteroatoms. The van der Waals surface area contributed by atoms with Crippen LogP contribution in [0.2, 0.25) is 5.02 Å². The van der Waals surface area contributed by atoms with E-state index < -0.39 is 15.8 Å². The first-order valence-corrected chi connectivity index (χ1v) is 8.70. The van der Waals surface area contributed by atoms with Crippen LogP contribution in [-0.2, 0) is 16.6 Å². The second-order valence-electron chi connectivity index (χ2n) is 4.10. The molecule has 0 aromatic heterocycles. The van der Waals surface area contributed by atoms with Gasteiger partial charge in [0.15, 0.2) is 0 Å². The molecular weight excluding hydrogens is 311 g/mol. The summed E-state index contributed by atoms with van der Waals surface area (Å²) in [5.41, 5.74) is 5.75. The lowest BCUT2D eigenvalue weighted by Gasteiger charge is -2.25. The van der Waals surface area contributed by atoms with Gasteiger partial charge in [0.05, 0.1) is 9.92 Å². The molecule has 1 heterocycles. The number of nitrogens with zero attached hydrogens (tertiary/aromatic N) is 1. The largest absolute Gasteiger partial charge is 0.326 e. The number of rotatable bonds is 3. The highest BCUT2D eigenvalue weighted by atomic mass is 35.5. The topological polar surface area (TPSA) is 63.4 Å². The highest BCUT2D eigenvalue weighted by Crippen LogP contribution is 2.27. The van der Waals surface area contributed by atoms with Crippen molar-refractivity contribution in [3.63, 3.8) is 0 Å². The molecule has 0 atom stereocenters. The van der Waals surface area contributed by atoms with Crippen LogP contribution < -0.4 is 5.73 Å². The third kappa shape index (κ3) is 3.05. The van der Waals surface area contributed by atoms with E-state index in [4.69, 9.17) is 17.3 Å². The Morgan fingerprint density at radius 1 is 1.37 bits per heavy atom. The minimum atomic E-state index is -3.67. The van der Waals surface area contributed by atoms with E-state index in [1.165, 1.54) is 10.4 Å². The van der Waals surface area contributed by atoms with Gasteiger partial charge in [-0.1, -0.05) is 11.6 Å². The van der Waals surface area contributed by atoms with Crippen LogP contribution >= 0.6 is 23.4 Å². The average molecular weight is 325 g/mol. The Morgan fingerprint density at radius 2 is 2.00 bits per heavy atom. The molecule has 19 heavy (non-hydrogen) atoms. The van der Waals surface area contributed by atoms with E-state index in [9.17, 15) is 12.8 Å². The predicted octanol–water partition coefficient (Wildman–Crippen LogP) is 1.68. The fraction of sp³-hybridized carbons (Fsp3) is 0.455. The van der Waals surface area contributed by atoms with E-state index in [1.807, 2.05) is 0 Å². The van der Waals surface area contributed by atoms with Gasteiger partial charge in [-0.2, -0.15) is 16.1 Å². The molecule has 1 fully saturated rings. The van der Waals surface area contributed by atoms with Gasteiger partial charge in [-0.05, 0) is 17.7 Å². The molecule has 0 radical (unpaired) electrons. The lowest BCUT2D eigenvalue weighted by molar-refractivity contribution is 0.443. The van der Waals surface area contributed by atoms with Gasteiger partial charge in [-0.25, -0.2) is 12.8 Å². The van der Waals surface area contributed by atoms with Crippen molar-refractivity contribution in [3.8, 4) is 0 Å². The molecule has 0 spiro atoms. The highest BCUT2D eigenvalue weighted by Gasteiger charge is 2.27. The monoisotopic (exact) mass is 324 g/mol. The molecule has 0 saturated carbocycles. The highest BCUT2D eigenvalue weighted by molar-refractivity contribution is 7.99. The van der Waals surface area contributed by atoms with Crippen LogP contribution in [-0.4, -0.2) is 37.3 Å². The number of sulfonamides is 1. The average Bonchev–Trinajstić information content (AvgIpc) is 2.42. The summed E-state index contributed by atoms with van der Waals surface area (Å²) >= 11 is 7.44. The number of benzene rings is 1. The first kappa shape index (κ1) is 15.1. The van der Waals surface area contributed by atoms with E-state index >= 15 is 0 Å². The number of hydrogen-bond acceptors (Lipinski definition) is 4. The number of halogens is 2. The van der Waals surface area contributed by atoms with Crippen molar-refractivity contribution in [1.29, 1.82) is 0 Å². The first-order chi connectivity index (χ1) is 8.96. The Bertz CT molecular complexity index is 574. The zero-order chi connectivity index (χ0) is 14.0. The zero-order valence-corrected chi connectivity index (χ0v) is 12.5. The SMILES string of the molecule is NCc1cc(S(=O)(=O)N2CCSCC2)cc(F)c1Cl. The molecule has 2 rings (SSSR count). The molecule has 1 aromatic carbocycles. The molecule has 1 aliphatic rings. The Balaban J connectivity index is 2.42. The minimum absolute atomic E-state index is 0.00499. The van der Waals surface area contributed by atoms with E-state index in [2.05, 4.69) is 0 Å². The van der Waals surface area contributed by atoms with Crippen molar-refractivity contribution in [1.82, 2.24) is 4.31 Å². The summed E-state index contributed by atoms with van der Waals surface area (Å²) in [6.07, 6.45) is 0. The molecule has 0 amide bonds. The summed E-state index contributed by atoms with van der Waals surface area (Å²) in [7, 11) is -3.67. The van der Waals surface area contributed by atoms with Crippen LogP contribution in [0, 0.1) is 5.82 Å². The standard InChI is InChI=1S/C11H14ClFN2O2S2/c12-11-8(7-14)5-9(6-10(11)13)19(16,17)15-1-3-18-4-2-15/h5-6H,1-4,7,14H2. The molecule has 4 nitrogen and oxygen atoms in total. The molecule has 1 saturated heterocycles. The van der Waals surface area contributed by atoms with Gasteiger partial charge < -0.3 is 5.73 Å². The van der Waals surface area contributed by atoms with Crippen molar-refractivity contribution in [2.75, 3.05) is 24.6 Å². The second-order valence-corrected chi connectivity index (χ2v) is 7.64. The number of thioether (sulfide) groups is 1. The smallest absolute Gasteiger partial charge is 0.243 e. The summed E-state index contributed by atoms with van der Waals surface area (Å²) in [6.45, 7) is 0.874. The van der Waals surface area contributed by atoms with Crippen LogP contribution in [0.15, 0.2) is 17.0 Å². The van der Waals surface area contributed by atoms with Crippen LogP contribution in [0.5, 0.6) is 0 Å². The third-order valence-electron chi connectivity index (χ3n) is 2.90. The minimum Gasteiger partial charge on any atom is -0.326 e. The molecule has 0 bridgehead atoms. The van der Waals surface area contributed by atoms with E-state index in [0.29, 0.717) is 18.7 Å². The summed E-state index contributed by atoms with van der Waals surface area (Å²) in [5, 5.41) is -0.115. The van der Waals surface area contributed by atoms with Gasteiger partial charge in [0, 0.05) is 31.1 Å². The molecule has 1 aromatic rings. The quantitative estimate of drug-likeness (QED) is 0.918. The second kappa shape index (κ2) is 5.97. The van der Waals surface area contributed by atoms with Crippen molar-refractivity contribution in [3.05, 3.63) is 28.5 Å². The van der Waals surface area contributed by atoms with Gasteiger partial charge in [-0.15, -0.1) is 0 Å². The third-order valence-corrected chi connectivity index (χ3v) is 6.15. The van der Waals surface area contributed by atoms with Crippen molar-refractivity contribution >= 4 is 33.4 Å². The van der Waals surface area contributed by atoms with E-state index in [0.717, 1.165) is 17.6 Å². The fourth-order valence-corrected chi connectivity index (χ4v) is 4.68. The van der Waals surface area contributed by atoms with Crippen LogP contribution in [0.3, 0.4) is 0 Å². The lowest BCUT2D eigenvalue weighted by Crippen LogP contribution is -2.38. The molecule has 0 aliphatic carbocycles. The van der Waals surface area contributed by atoms with Crippen molar-refractivity contribution < 1.29 is 12.8 Å². The van der Waals surface area contributed by atoms with Gasteiger partial charge >= 0.3 is 0 Å². The fourth-order valence-electron chi connectivity index (χ4n) is 1.85. The van der Waals surface area contributed by atoms with Crippen LogP contribution in [0.25, 0.3) is 0 Å². The maximum Gasteiger partial charge on any atom is 0.243 e. The van der Waals surface area contributed by atoms with Gasteiger partial charge in [-0.3, -0.25) is 0 Å². The Morgan fingerprint density at radius 3 is 2.58 bits per heavy atom. The summed E-state index contributed by atoms with van der Waals surface area (Å²) in [5.74, 6) is 0.743. The summed E-state index contributed by atoms with van der Waals surface area (Å²) in [6, 6.07) is 2.31. The van der Waals surface area contributed by atoms with Gasteiger partial charge in [0.25, 0.3) is 0 Å². The summed E-state index contributed by atoms with van der Waals surface area (Å²) in [4.78, 5) is -0.0817. The zero-order valence-electron chi connectivity index (χ0n) is 10.1. The Hall–Kier alpha value is -0.340. The van der Waals surface area contributed by atoms with Gasteiger partial charge in [0.2, 0.25) is 10.0 Å². The Labute approximate surface area is 121 Å². The molecular formula is C11H14ClFN2O2S2. The van der Waals surface area contributed by atoms with E-state index in [-0.39, 0.29) is 16.5 Å². The van der Waals surface area contributed by atoms with Crippen LogP contribution in [0.4, 0.5) is 4.39 Å². The molecule has 2 N–H and O–H groups in total. The maximum atomic E-state index is 13.6. The molecule has 0 unspecified atom stereocenters. The van der Waals surface area contributed by atoms with Crippen molar-refractivity contribution in [2.24, 2.45) is 5.73 Å². The Kier molecular flexibility index (Phi) is 4.73. The predicted molar refractivity (Wildman–Crippen MR) is 75.4 cm³/mol.